The van der Waals surface area contributed by atoms with Crippen LogP contribution in [0.25, 0.3) is 0 Å². The molecular weight excluding hydrogens is 379 g/mol. The third-order valence-electron chi connectivity index (χ3n) is 5.76. The third kappa shape index (κ3) is 3.76. The number of amides is 2. The summed E-state index contributed by atoms with van der Waals surface area (Å²) in [5, 5.41) is 3.64. The Hall–Kier alpha value is -2.40. The van der Waals surface area contributed by atoms with Gasteiger partial charge in [-0.05, 0) is 67.6 Å². The van der Waals surface area contributed by atoms with Gasteiger partial charge >= 0.3 is 0 Å². The number of benzene rings is 2. The number of rotatable bonds is 4. The molecule has 6 heteroatoms. The van der Waals surface area contributed by atoms with Crippen molar-refractivity contribution in [1.29, 1.82) is 0 Å². The highest BCUT2D eigenvalue weighted by atomic mass is 35.5. The fourth-order valence-electron chi connectivity index (χ4n) is 3.94. The van der Waals surface area contributed by atoms with Crippen molar-refractivity contribution in [1.82, 2.24) is 10.2 Å². The number of hydrogen-bond acceptors (Lipinski definition) is 2. The first kappa shape index (κ1) is 18.9. The van der Waals surface area contributed by atoms with Crippen molar-refractivity contribution >= 4 is 23.4 Å². The number of nitrogens with zero attached hydrogens (tertiary/aromatic N) is 1. The lowest BCUT2D eigenvalue weighted by atomic mass is 9.93. The second kappa shape index (κ2) is 7.55. The third-order valence-corrected chi connectivity index (χ3v) is 6.00. The van der Waals surface area contributed by atoms with Gasteiger partial charge in [-0.25, -0.2) is 4.39 Å². The first-order valence-electron chi connectivity index (χ1n) is 9.60. The maximum atomic E-state index is 13.1. The van der Waals surface area contributed by atoms with Crippen molar-refractivity contribution in [3.05, 3.63) is 70.5 Å². The quantitative estimate of drug-likeness (QED) is 0.845. The Morgan fingerprint density at radius 1 is 1.07 bits per heavy atom. The van der Waals surface area contributed by atoms with E-state index >= 15 is 0 Å². The van der Waals surface area contributed by atoms with Crippen LogP contribution in [0.15, 0.2) is 48.5 Å². The van der Waals surface area contributed by atoms with Crippen LogP contribution < -0.4 is 5.32 Å². The second-order valence-corrected chi connectivity index (χ2v) is 8.08. The summed E-state index contributed by atoms with van der Waals surface area (Å²) in [6.07, 6.45) is 3.13. The van der Waals surface area contributed by atoms with E-state index in [9.17, 15) is 14.0 Å². The number of hydrogen-bond donors (Lipinski definition) is 1. The first-order valence-corrected chi connectivity index (χ1v) is 9.98. The van der Waals surface area contributed by atoms with Crippen LogP contribution in [-0.2, 0) is 10.2 Å². The average Bonchev–Trinajstić information content (AvgIpc) is 3.50. The summed E-state index contributed by atoms with van der Waals surface area (Å²) in [5.41, 5.74) is 1.02. The Morgan fingerprint density at radius 2 is 1.75 bits per heavy atom. The van der Waals surface area contributed by atoms with E-state index in [2.05, 4.69) is 5.32 Å². The fourth-order valence-corrected chi connectivity index (χ4v) is 4.13. The van der Waals surface area contributed by atoms with E-state index in [1.807, 2.05) is 29.2 Å². The molecule has 1 aliphatic carbocycles. The molecule has 1 saturated heterocycles. The number of piperidine rings is 1. The molecule has 0 bridgehead atoms. The van der Waals surface area contributed by atoms with Gasteiger partial charge in [-0.3, -0.25) is 9.59 Å². The summed E-state index contributed by atoms with van der Waals surface area (Å²) >= 11 is 6.11. The normalized spacial score (nSPS) is 18.6. The van der Waals surface area contributed by atoms with Crippen molar-refractivity contribution in [2.45, 2.75) is 37.1 Å². The molecule has 2 fully saturated rings. The fraction of sp³-hybridized carbons (Fsp3) is 0.364. The smallest absolute Gasteiger partial charge is 0.251 e. The lowest BCUT2D eigenvalue weighted by Gasteiger charge is -2.35. The van der Waals surface area contributed by atoms with E-state index in [1.54, 1.807) is 0 Å². The molecule has 1 heterocycles. The van der Waals surface area contributed by atoms with E-state index in [0.717, 1.165) is 18.4 Å². The van der Waals surface area contributed by atoms with Gasteiger partial charge < -0.3 is 10.2 Å². The van der Waals surface area contributed by atoms with Gasteiger partial charge in [0.05, 0.1) is 5.41 Å². The van der Waals surface area contributed by atoms with Gasteiger partial charge in [-0.1, -0.05) is 23.7 Å². The van der Waals surface area contributed by atoms with Crippen LogP contribution in [0.2, 0.25) is 5.02 Å². The minimum absolute atomic E-state index is 0.0166. The van der Waals surface area contributed by atoms with Crippen LogP contribution in [0.1, 0.15) is 41.6 Å². The molecule has 1 saturated carbocycles. The summed E-state index contributed by atoms with van der Waals surface area (Å²) in [5.74, 6) is -0.405. The summed E-state index contributed by atoms with van der Waals surface area (Å²) in [7, 11) is 0. The maximum Gasteiger partial charge on any atom is 0.251 e. The molecule has 0 radical (unpaired) electrons. The van der Waals surface area contributed by atoms with E-state index in [4.69, 9.17) is 11.6 Å². The van der Waals surface area contributed by atoms with E-state index in [-0.39, 0.29) is 23.7 Å². The Labute approximate surface area is 168 Å². The van der Waals surface area contributed by atoms with Crippen molar-refractivity contribution in [2.24, 2.45) is 0 Å². The van der Waals surface area contributed by atoms with Crippen LogP contribution in [0.4, 0.5) is 4.39 Å². The predicted octanol–water partition coefficient (Wildman–Crippen LogP) is 3.93. The standard InChI is InChI=1S/C22H22ClFN2O2/c23-17-3-1-2-16(14-17)22(10-11-22)21(28)26-12-8-19(9-13-26)25-20(27)15-4-6-18(24)7-5-15/h1-7,14,19H,8-13H2,(H,25,27). The molecule has 0 unspecified atom stereocenters. The Bertz CT molecular complexity index is 888. The van der Waals surface area contributed by atoms with E-state index < -0.39 is 5.41 Å². The first-order chi connectivity index (χ1) is 13.5. The molecule has 0 aromatic heterocycles. The number of carbonyl (C=O) groups excluding carboxylic acids is 2. The average molecular weight is 401 g/mol. The lowest BCUT2D eigenvalue weighted by molar-refractivity contribution is -0.135. The van der Waals surface area contributed by atoms with Crippen molar-refractivity contribution in [3.63, 3.8) is 0 Å². The molecule has 28 heavy (non-hydrogen) atoms. The molecule has 0 spiro atoms. The number of likely N-dealkylation sites (tertiary alicyclic amines) is 1. The van der Waals surface area contributed by atoms with Gasteiger partial charge in [0.25, 0.3) is 5.91 Å². The summed E-state index contributed by atoms with van der Waals surface area (Å²) < 4.78 is 13.0. The molecule has 1 N–H and O–H groups in total. The highest BCUT2D eigenvalue weighted by molar-refractivity contribution is 6.30. The largest absolute Gasteiger partial charge is 0.349 e. The zero-order chi connectivity index (χ0) is 19.7. The maximum absolute atomic E-state index is 13.1. The molecule has 2 amide bonds. The molecule has 2 aliphatic rings. The summed E-state index contributed by atoms with van der Waals surface area (Å²) in [6.45, 7) is 1.24. The summed E-state index contributed by atoms with van der Waals surface area (Å²) in [6, 6.07) is 13.1. The van der Waals surface area contributed by atoms with E-state index in [1.165, 1.54) is 24.3 Å². The molecule has 2 aromatic rings. The molecule has 1 aliphatic heterocycles. The second-order valence-electron chi connectivity index (χ2n) is 7.64. The zero-order valence-electron chi connectivity index (χ0n) is 15.5. The van der Waals surface area contributed by atoms with Gasteiger partial charge in [0.15, 0.2) is 0 Å². The number of nitrogens with one attached hydrogen (secondary N) is 1. The van der Waals surface area contributed by atoms with Crippen molar-refractivity contribution in [3.8, 4) is 0 Å². The monoisotopic (exact) mass is 400 g/mol. The highest BCUT2D eigenvalue weighted by Gasteiger charge is 2.53. The van der Waals surface area contributed by atoms with Gasteiger partial charge in [0, 0.05) is 29.7 Å². The van der Waals surface area contributed by atoms with Crippen LogP contribution in [0.3, 0.4) is 0 Å². The Morgan fingerprint density at radius 3 is 2.36 bits per heavy atom. The molecular formula is C22H22ClFN2O2. The minimum atomic E-state index is -0.422. The molecule has 4 nitrogen and oxygen atoms in total. The molecule has 2 aromatic carbocycles. The number of halogens is 2. The zero-order valence-corrected chi connectivity index (χ0v) is 16.2. The molecule has 0 atom stereocenters. The van der Waals surface area contributed by atoms with Crippen molar-refractivity contribution < 1.29 is 14.0 Å². The Kier molecular flexibility index (Phi) is 5.11. The minimum Gasteiger partial charge on any atom is -0.349 e. The van der Waals surface area contributed by atoms with Gasteiger partial charge in [-0.15, -0.1) is 0 Å². The lowest BCUT2D eigenvalue weighted by Crippen LogP contribution is -2.49. The molecule has 4 rings (SSSR count). The number of carbonyl (C=O) groups is 2. The van der Waals surface area contributed by atoms with Crippen LogP contribution in [0, 0.1) is 5.82 Å². The van der Waals surface area contributed by atoms with Crippen molar-refractivity contribution in [2.75, 3.05) is 13.1 Å². The topological polar surface area (TPSA) is 49.4 Å². The van der Waals surface area contributed by atoms with Crippen LogP contribution in [0.5, 0.6) is 0 Å². The molecule has 146 valence electrons. The SMILES string of the molecule is O=C(NC1CCN(C(=O)C2(c3cccc(Cl)c3)CC2)CC1)c1ccc(F)cc1. The van der Waals surface area contributed by atoms with Crippen LogP contribution >= 0.6 is 11.6 Å². The van der Waals surface area contributed by atoms with Gasteiger partial charge in [0.1, 0.15) is 5.82 Å². The van der Waals surface area contributed by atoms with Gasteiger partial charge in [0.2, 0.25) is 5.91 Å². The Balaban J connectivity index is 1.34. The van der Waals surface area contributed by atoms with Crippen LogP contribution in [-0.4, -0.2) is 35.8 Å². The predicted molar refractivity (Wildman–Crippen MR) is 106 cm³/mol. The van der Waals surface area contributed by atoms with Gasteiger partial charge in [-0.2, -0.15) is 0 Å². The van der Waals surface area contributed by atoms with E-state index in [0.29, 0.717) is 36.5 Å². The summed E-state index contributed by atoms with van der Waals surface area (Å²) in [4.78, 5) is 27.3. The highest BCUT2D eigenvalue weighted by Crippen LogP contribution is 2.50.